The van der Waals surface area contributed by atoms with Crippen LogP contribution in [0.2, 0.25) is 0 Å². The lowest BCUT2D eigenvalue weighted by Crippen LogP contribution is -2.15. The number of sulfonamides is 1. The molecule has 0 atom stereocenters. The second-order valence-corrected chi connectivity index (χ2v) is 9.76. The molecule has 0 aliphatic carbocycles. The lowest BCUT2D eigenvalue weighted by atomic mass is 10.1. The van der Waals surface area contributed by atoms with E-state index in [0.29, 0.717) is 23.5 Å². The molecule has 0 heterocycles. The number of aryl methyl sites for hydroxylation is 2. The van der Waals surface area contributed by atoms with E-state index in [1.807, 2.05) is 56.3 Å². The number of hydrogen-bond acceptors (Lipinski definition) is 4. The van der Waals surface area contributed by atoms with E-state index < -0.39 is 10.0 Å². The van der Waals surface area contributed by atoms with Crippen molar-refractivity contribution in [1.82, 2.24) is 0 Å². The predicted octanol–water partition coefficient (Wildman–Crippen LogP) is 5.23. The Morgan fingerprint density at radius 1 is 0.933 bits per heavy atom. The van der Waals surface area contributed by atoms with Crippen LogP contribution in [0, 0.1) is 13.8 Å². The van der Waals surface area contributed by atoms with Gasteiger partial charge in [0.2, 0.25) is 5.91 Å². The highest BCUT2D eigenvalue weighted by Crippen LogP contribution is 2.22. The minimum Gasteiger partial charge on any atom is -0.326 e. The molecule has 5 nitrogen and oxygen atoms in total. The molecule has 1 amide bonds. The molecule has 7 heteroatoms. The molecule has 0 aliphatic heterocycles. The van der Waals surface area contributed by atoms with Crippen molar-refractivity contribution in [3.8, 4) is 0 Å². The summed E-state index contributed by atoms with van der Waals surface area (Å²) in [4.78, 5) is 13.4. The Kier molecular flexibility index (Phi) is 7.18. The summed E-state index contributed by atoms with van der Waals surface area (Å²) in [5, 5.41) is 2.80. The van der Waals surface area contributed by atoms with E-state index in [1.54, 1.807) is 30.0 Å². The first-order valence-electron chi connectivity index (χ1n) is 9.51. The number of thioether (sulfide) groups is 1. The summed E-state index contributed by atoms with van der Waals surface area (Å²) in [6, 6.07) is 21.6. The molecule has 0 radical (unpaired) electrons. The van der Waals surface area contributed by atoms with E-state index in [-0.39, 0.29) is 10.8 Å². The topological polar surface area (TPSA) is 75.3 Å². The van der Waals surface area contributed by atoms with E-state index in [9.17, 15) is 13.2 Å². The van der Waals surface area contributed by atoms with Crippen LogP contribution in [0.5, 0.6) is 0 Å². The van der Waals surface area contributed by atoms with Crippen molar-refractivity contribution < 1.29 is 13.2 Å². The summed E-state index contributed by atoms with van der Waals surface area (Å²) in [6.45, 7) is 3.82. The van der Waals surface area contributed by atoms with Crippen LogP contribution in [0.3, 0.4) is 0 Å². The average Bonchev–Trinajstić information content (AvgIpc) is 2.71. The first kappa shape index (κ1) is 21.9. The van der Waals surface area contributed by atoms with Gasteiger partial charge in [-0.3, -0.25) is 9.52 Å². The molecule has 30 heavy (non-hydrogen) atoms. The fourth-order valence-corrected chi connectivity index (χ4v) is 4.85. The molecule has 0 saturated heterocycles. The minimum atomic E-state index is -3.70. The number of rotatable bonds is 8. The van der Waals surface area contributed by atoms with Gasteiger partial charge >= 0.3 is 0 Å². The maximum absolute atomic E-state index is 12.6. The number of carbonyl (C=O) groups excluding carboxylic acids is 1. The van der Waals surface area contributed by atoms with Crippen molar-refractivity contribution in [2.24, 2.45) is 0 Å². The fraction of sp³-hybridized carbons (Fsp3) is 0.174. The van der Waals surface area contributed by atoms with Crippen molar-refractivity contribution >= 4 is 39.1 Å². The number of anilines is 2. The van der Waals surface area contributed by atoms with Gasteiger partial charge < -0.3 is 5.32 Å². The second-order valence-electron chi connectivity index (χ2n) is 6.91. The molecule has 3 aromatic carbocycles. The standard InChI is InChI=1S/C23H24N2O3S2/c1-17-8-13-22(18(2)16-17)25-30(27,28)21-11-9-19(10-12-21)24-23(26)14-15-29-20-6-4-3-5-7-20/h3-13,16,25H,14-15H2,1-2H3,(H,24,26). The summed E-state index contributed by atoms with van der Waals surface area (Å²) < 4.78 is 27.9. The predicted molar refractivity (Wildman–Crippen MR) is 124 cm³/mol. The van der Waals surface area contributed by atoms with Gasteiger partial charge in [0.05, 0.1) is 10.6 Å². The van der Waals surface area contributed by atoms with E-state index in [4.69, 9.17) is 0 Å². The van der Waals surface area contributed by atoms with E-state index in [1.165, 1.54) is 12.1 Å². The van der Waals surface area contributed by atoms with Crippen LogP contribution in [0.25, 0.3) is 0 Å². The Balaban J connectivity index is 1.56. The normalized spacial score (nSPS) is 11.1. The zero-order chi connectivity index (χ0) is 21.6. The van der Waals surface area contributed by atoms with Gasteiger partial charge in [-0.2, -0.15) is 0 Å². The quantitative estimate of drug-likeness (QED) is 0.471. The number of carbonyl (C=O) groups is 1. The Morgan fingerprint density at radius 3 is 2.30 bits per heavy atom. The molecule has 3 rings (SSSR count). The van der Waals surface area contributed by atoms with Crippen LogP contribution >= 0.6 is 11.8 Å². The molecular formula is C23H24N2O3S2. The highest BCUT2D eigenvalue weighted by Gasteiger charge is 2.15. The third-order valence-corrected chi connectivity index (χ3v) is 6.81. The van der Waals surface area contributed by atoms with Gasteiger partial charge in [0, 0.05) is 22.8 Å². The zero-order valence-corrected chi connectivity index (χ0v) is 18.5. The fourth-order valence-electron chi connectivity index (χ4n) is 2.85. The Hall–Kier alpha value is -2.77. The maximum atomic E-state index is 12.6. The Bertz CT molecular complexity index is 1110. The van der Waals surface area contributed by atoms with Crippen LogP contribution in [-0.2, 0) is 14.8 Å². The molecule has 156 valence electrons. The van der Waals surface area contributed by atoms with Gasteiger partial charge in [0.1, 0.15) is 0 Å². The number of amides is 1. The highest BCUT2D eigenvalue weighted by molar-refractivity contribution is 7.99. The number of nitrogens with one attached hydrogen (secondary N) is 2. The SMILES string of the molecule is Cc1ccc(NS(=O)(=O)c2ccc(NC(=O)CCSc3ccccc3)cc2)c(C)c1. The van der Waals surface area contributed by atoms with E-state index in [2.05, 4.69) is 10.0 Å². The van der Waals surface area contributed by atoms with E-state index >= 15 is 0 Å². The van der Waals surface area contributed by atoms with Gasteiger partial charge in [-0.15, -0.1) is 11.8 Å². The first-order valence-corrected chi connectivity index (χ1v) is 12.0. The zero-order valence-electron chi connectivity index (χ0n) is 16.9. The van der Waals surface area contributed by atoms with Crippen LogP contribution in [-0.4, -0.2) is 20.1 Å². The minimum absolute atomic E-state index is 0.109. The number of benzene rings is 3. The van der Waals surface area contributed by atoms with Crippen LogP contribution in [0.4, 0.5) is 11.4 Å². The van der Waals surface area contributed by atoms with Gasteiger partial charge in [0.15, 0.2) is 0 Å². The second kappa shape index (κ2) is 9.82. The molecular weight excluding hydrogens is 416 g/mol. The van der Waals surface area contributed by atoms with Crippen molar-refractivity contribution in [2.45, 2.75) is 30.1 Å². The Morgan fingerprint density at radius 2 is 1.63 bits per heavy atom. The third-order valence-electron chi connectivity index (χ3n) is 4.42. The Labute approximate surface area is 182 Å². The van der Waals surface area contributed by atoms with Crippen molar-refractivity contribution in [1.29, 1.82) is 0 Å². The highest BCUT2D eigenvalue weighted by atomic mass is 32.2. The largest absolute Gasteiger partial charge is 0.326 e. The van der Waals surface area contributed by atoms with Gasteiger partial charge in [-0.05, 0) is 61.9 Å². The summed E-state index contributed by atoms with van der Waals surface area (Å²) >= 11 is 1.62. The van der Waals surface area contributed by atoms with Crippen LogP contribution < -0.4 is 10.0 Å². The summed E-state index contributed by atoms with van der Waals surface area (Å²) in [7, 11) is -3.70. The average molecular weight is 441 g/mol. The van der Waals surface area contributed by atoms with Crippen molar-refractivity contribution in [3.63, 3.8) is 0 Å². The van der Waals surface area contributed by atoms with Gasteiger partial charge in [0.25, 0.3) is 10.0 Å². The van der Waals surface area contributed by atoms with Gasteiger partial charge in [-0.1, -0.05) is 35.9 Å². The molecule has 0 fully saturated rings. The molecule has 0 aliphatic rings. The van der Waals surface area contributed by atoms with Gasteiger partial charge in [-0.25, -0.2) is 8.42 Å². The maximum Gasteiger partial charge on any atom is 0.261 e. The van der Waals surface area contributed by atoms with Crippen molar-refractivity contribution in [2.75, 3.05) is 15.8 Å². The summed E-state index contributed by atoms with van der Waals surface area (Å²) in [5.74, 6) is 0.560. The van der Waals surface area contributed by atoms with E-state index in [0.717, 1.165) is 16.0 Å². The lowest BCUT2D eigenvalue weighted by Gasteiger charge is -2.12. The monoisotopic (exact) mass is 440 g/mol. The molecule has 0 unspecified atom stereocenters. The summed E-state index contributed by atoms with van der Waals surface area (Å²) in [6.07, 6.45) is 0.369. The van der Waals surface area contributed by atoms with Crippen molar-refractivity contribution in [3.05, 3.63) is 83.9 Å². The molecule has 2 N–H and O–H groups in total. The van der Waals surface area contributed by atoms with Crippen LogP contribution in [0.1, 0.15) is 17.5 Å². The summed E-state index contributed by atoms with van der Waals surface area (Å²) in [5.41, 5.74) is 3.04. The van der Waals surface area contributed by atoms with Crippen LogP contribution in [0.15, 0.2) is 82.6 Å². The first-order chi connectivity index (χ1) is 14.3. The molecule has 0 bridgehead atoms. The molecule has 3 aromatic rings. The molecule has 0 aromatic heterocycles. The molecule has 0 spiro atoms. The smallest absolute Gasteiger partial charge is 0.261 e. The third kappa shape index (κ3) is 6.11. The lowest BCUT2D eigenvalue weighted by molar-refractivity contribution is -0.115. The number of hydrogen-bond donors (Lipinski definition) is 2. The molecule has 0 saturated carbocycles.